The van der Waals surface area contributed by atoms with E-state index < -0.39 is 0 Å². The lowest BCUT2D eigenvalue weighted by molar-refractivity contribution is 0.219. The molecule has 0 saturated carbocycles. The third-order valence-electron chi connectivity index (χ3n) is 3.89. The zero-order chi connectivity index (χ0) is 20.4. The van der Waals surface area contributed by atoms with Crippen molar-refractivity contribution in [3.05, 3.63) is 42.5 Å². The highest BCUT2D eigenvalue weighted by Crippen LogP contribution is 2.30. The summed E-state index contributed by atoms with van der Waals surface area (Å²) in [5.41, 5.74) is 0.843. The fourth-order valence-corrected chi connectivity index (χ4v) is 2.55. The Morgan fingerprint density at radius 2 is 1.57 bits per heavy atom. The summed E-state index contributed by atoms with van der Waals surface area (Å²) in [7, 11) is 4.85. The molecule has 0 amide bonds. The highest BCUT2D eigenvalue weighted by atomic mass is 16.5. The normalized spacial score (nSPS) is 12.1. The Bertz CT molecular complexity index is 780. The van der Waals surface area contributed by atoms with Gasteiger partial charge in [-0.1, -0.05) is 12.1 Å². The number of anilines is 1. The molecule has 0 aliphatic carbocycles. The Balaban J connectivity index is 2.05. The molecular formula is C21H29N3O4. The first-order valence-corrected chi connectivity index (χ1v) is 9.18. The summed E-state index contributed by atoms with van der Waals surface area (Å²) < 4.78 is 21.9. The van der Waals surface area contributed by atoms with E-state index in [1.54, 1.807) is 21.3 Å². The van der Waals surface area contributed by atoms with Gasteiger partial charge in [-0.25, -0.2) is 4.99 Å². The molecule has 0 fully saturated rings. The number of hydrogen-bond acceptors (Lipinski definition) is 5. The molecule has 0 bridgehead atoms. The lowest BCUT2D eigenvalue weighted by Crippen LogP contribution is -2.32. The Morgan fingerprint density at radius 3 is 2.21 bits per heavy atom. The maximum absolute atomic E-state index is 5.96. The van der Waals surface area contributed by atoms with Crippen LogP contribution in [0.5, 0.6) is 23.0 Å². The van der Waals surface area contributed by atoms with E-state index in [9.17, 15) is 0 Å². The van der Waals surface area contributed by atoms with Gasteiger partial charge in [0.25, 0.3) is 0 Å². The van der Waals surface area contributed by atoms with Crippen molar-refractivity contribution in [3.63, 3.8) is 0 Å². The van der Waals surface area contributed by atoms with Crippen LogP contribution in [0.25, 0.3) is 0 Å². The van der Waals surface area contributed by atoms with Gasteiger partial charge in [-0.3, -0.25) is 0 Å². The molecule has 2 aromatic rings. The highest BCUT2D eigenvalue weighted by molar-refractivity contribution is 5.93. The van der Waals surface area contributed by atoms with Crippen molar-refractivity contribution >= 4 is 11.6 Å². The molecule has 152 valence electrons. The number of rotatable bonds is 9. The van der Waals surface area contributed by atoms with Gasteiger partial charge in [-0.05, 0) is 38.1 Å². The summed E-state index contributed by atoms with van der Waals surface area (Å²) in [4.78, 5) is 4.61. The number of para-hydroxylation sites is 2. The Hall–Kier alpha value is -3.09. The predicted octanol–water partition coefficient (Wildman–Crippen LogP) is 3.56. The zero-order valence-corrected chi connectivity index (χ0v) is 17.1. The summed E-state index contributed by atoms with van der Waals surface area (Å²) in [6, 6.07) is 13.2. The summed E-state index contributed by atoms with van der Waals surface area (Å²) >= 11 is 0. The van der Waals surface area contributed by atoms with Crippen LogP contribution in [0.3, 0.4) is 0 Å². The van der Waals surface area contributed by atoms with E-state index in [0.29, 0.717) is 35.5 Å². The Kier molecular flexibility index (Phi) is 8.27. The van der Waals surface area contributed by atoms with Crippen LogP contribution < -0.4 is 29.6 Å². The fourth-order valence-electron chi connectivity index (χ4n) is 2.55. The van der Waals surface area contributed by atoms with Gasteiger partial charge in [0.05, 0.1) is 27.9 Å². The van der Waals surface area contributed by atoms with E-state index in [0.717, 1.165) is 12.2 Å². The topological polar surface area (TPSA) is 73.3 Å². The molecule has 7 heteroatoms. The van der Waals surface area contributed by atoms with Gasteiger partial charge in [-0.15, -0.1) is 0 Å². The van der Waals surface area contributed by atoms with Crippen molar-refractivity contribution in [2.75, 3.05) is 39.7 Å². The third kappa shape index (κ3) is 5.97. The molecule has 2 N–H and O–H groups in total. The molecule has 7 nitrogen and oxygen atoms in total. The molecule has 0 aliphatic rings. The molecule has 0 aliphatic heterocycles. The van der Waals surface area contributed by atoms with Gasteiger partial charge in [0.15, 0.2) is 29.0 Å². The molecule has 28 heavy (non-hydrogen) atoms. The molecule has 2 rings (SSSR count). The first kappa shape index (κ1) is 21.2. The van der Waals surface area contributed by atoms with Crippen LogP contribution in [0.4, 0.5) is 5.69 Å². The number of methoxy groups -OCH3 is 3. The predicted molar refractivity (Wildman–Crippen MR) is 112 cm³/mol. The molecular weight excluding hydrogens is 358 g/mol. The first-order chi connectivity index (χ1) is 13.6. The van der Waals surface area contributed by atoms with Crippen LogP contribution in [0.1, 0.15) is 13.8 Å². The number of nitrogens with zero attached hydrogens (tertiary/aromatic N) is 1. The van der Waals surface area contributed by atoms with Crippen LogP contribution in [0.2, 0.25) is 0 Å². The summed E-state index contributed by atoms with van der Waals surface area (Å²) in [5.74, 6) is 3.38. The van der Waals surface area contributed by atoms with Crippen LogP contribution >= 0.6 is 0 Å². The second-order valence-electron chi connectivity index (χ2n) is 5.99. The van der Waals surface area contributed by atoms with E-state index in [-0.39, 0.29) is 6.10 Å². The zero-order valence-electron chi connectivity index (χ0n) is 17.1. The Morgan fingerprint density at radius 1 is 0.929 bits per heavy atom. The third-order valence-corrected chi connectivity index (χ3v) is 3.89. The minimum atomic E-state index is -0.128. The summed E-state index contributed by atoms with van der Waals surface area (Å²) in [6.45, 7) is 5.19. The Labute approximate surface area is 166 Å². The van der Waals surface area contributed by atoms with Gasteiger partial charge < -0.3 is 29.6 Å². The van der Waals surface area contributed by atoms with Gasteiger partial charge in [0, 0.05) is 18.3 Å². The standard InChI is InChI=1S/C21H29N3O4/c1-6-22-21(24-16-11-12-18(26-4)20(13-16)27-5)23-14-15(2)28-19-10-8-7-9-17(19)25-3/h7-13,15H,6,14H2,1-5H3,(H2,22,23,24). The maximum Gasteiger partial charge on any atom is 0.195 e. The molecule has 1 atom stereocenters. The molecule has 0 aromatic heterocycles. The molecule has 0 spiro atoms. The summed E-state index contributed by atoms with van der Waals surface area (Å²) in [6.07, 6.45) is -0.128. The number of guanidine groups is 1. The quantitative estimate of drug-likeness (QED) is 0.506. The largest absolute Gasteiger partial charge is 0.493 e. The lowest BCUT2D eigenvalue weighted by atomic mass is 10.2. The van der Waals surface area contributed by atoms with E-state index in [1.165, 1.54) is 0 Å². The van der Waals surface area contributed by atoms with Crippen molar-refractivity contribution < 1.29 is 18.9 Å². The second kappa shape index (κ2) is 10.9. The molecule has 0 radical (unpaired) electrons. The van der Waals surface area contributed by atoms with Crippen molar-refractivity contribution in [1.29, 1.82) is 0 Å². The number of ether oxygens (including phenoxy) is 4. The minimum absolute atomic E-state index is 0.128. The van der Waals surface area contributed by atoms with Crippen LogP contribution in [-0.2, 0) is 0 Å². The monoisotopic (exact) mass is 387 g/mol. The molecule has 2 aromatic carbocycles. The van der Waals surface area contributed by atoms with E-state index >= 15 is 0 Å². The highest BCUT2D eigenvalue weighted by Gasteiger charge is 2.10. The molecule has 1 unspecified atom stereocenters. The van der Waals surface area contributed by atoms with E-state index in [2.05, 4.69) is 15.6 Å². The van der Waals surface area contributed by atoms with Gasteiger partial charge >= 0.3 is 0 Å². The smallest absolute Gasteiger partial charge is 0.195 e. The second-order valence-corrected chi connectivity index (χ2v) is 5.99. The number of benzene rings is 2. The minimum Gasteiger partial charge on any atom is -0.493 e. The molecule has 0 saturated heterocycles. The van der Waals surface area contributed by atoms with Crippen molar-refractivity contribution in [3.8, 4) is 23.0 Å². The molecule has 0 heterocycles. The summed E-state index contributed by atoms with van der Waals surface area (Å²) in [5, 5.41) is 6.50. The van der Waals surface area contributed by atoms with Gasteiger partial charge in [-0.2, -0.15) is 0 Å². The average Bonchev–Trinajstić information content (AvgIpc) is 2.72. The number of aliphatic imine (C=N–C) groups is 1. The van der Waals surface area contributed by atoms with Crippen molar-refractivity contribution in [1.82, 2.24) is 5.32 Å². The van der Waals surface area contributed by atoms with E-state index in [4.69, 9.17) is 18.9 Å². The lowest BCUT2D eigenvalue weighted by Gasteiger charge is -2.17. The first-order valence-electron chi connectivity index (χ1n) is 9.18. The van der Waals surface area contributed by atoms with Crippen LogP contribution in [0, 0.1) is 0 Å². The fraction of sp³-hybridized carbons (Fsp3) is 0.381. The number of nitrogens with one attached hydrogen (secondary N) is 2. The van der Waals surface area contributed by atoms with Crippen LogP contribution in [0.15, 0.2) is 47.5 Å². The maximum atomic E-state index is 5.96. The van der Waals surface area contributed by atoms with Gasteiger partial charge in [0.2, 0.25) is 0 Å². The number of hydrogen-bond donors (Lipinski definition) is 2. The van der Waals surface area contributed by atoms with Gasteiger partial charge in [0.1, 0.15) is 6.10 Å². The SMILES string of the molecule is CCNC(=NCC(C)Oc1ccccc1OC)Nc1ccc(OC)c(OC)c1. The van der Waals surface area contributed by atoms with Crippen LogP contribution in [-0.4, -0.2) is 46.5 Å². The van der Waals surface area contributed by atoms with Crippen molar-refractivity contribution in [2.45, 2.75) is 20.0 Å². The van der Waals surface area contributed by atoms with Crippen molar-refractivity contribution in [2.24, 2.45) is 4.99 Å². The average molecular weight is 387 g/mol. The van der Waals surface area contributed by atoms with E-state index in [1.807, 2.05) is 56.3 Å².